The maximum Gasteiger partial charge on any atom is 0.255 e. The van der Waals surface area contributed by atoms with Gasteiger partial charge in [0, 0.05) is 5.56 Å². The highest BCUT2D eigenvalue weighted by Gasteiger charge is 2.14. The molecule has 1 heterocycles. The maximum absolute atomic E-state index is 10.8. The van der Waals surface area contributed by atoms with E-state index >= 15 is 0 Å². The lowest BCUT2D eigenvalue weighted by Gasteiger charge is -2.12. The third-order valence-electron chi connectivity index (χ3n) is 2.95. The van der Waals surface area contributed by atoms with Crippen molar-refractivity contribution in [2.75, 3.05) is 13.7 Å². The quantitative estimate of drug-likeness (QED) is 0.759. The van der Waals surface area contributed by atoms with Crippen LogP contribution in [0, 0.1) is 0 Å². The first kappa shape index (κ1) is 16.2. The first-order chi connectivity index (χ1) is 10.6. The number of rotatable bonds is 8. The molecular weight excluding hydrogens is 308 g/mol. The van der Waals surface area contributed by atoms with E-state index in [0.717, 1.165) is 17.9 Å². The molecule has 0 saturated heterocycles. The summed E-state index contributed by atoms with van der Waals surface area (Å²) in [5, 5.41) is 2.45. The minimum Gasteiger partial charge on any atom is -0.493 e. The fraction of sp³-hybridized carbons (Fsp3) is 0.267. The molecule has 7 heteroatoms. The second-order valence-electron chi connectivity index (χ2n) is 4.64. The Bertz CT molecular complexity index is 629. The lowest BCUT2D eigenvalue weighted by molar-refractivity contribution is -0.688. The summed E-state index contributed by atoms with van der Waals surface area (Å²) < 4.78 is 15.8. The minimum atomic E-state index is -0.575. The van der Waals surface area contributed by atoms with Gasteiger partial charge in [-0.3, -0.25) is 4.79 Å². The summed E-state index contributed by atoms with van der Waals surface area (Å²) in [7, 11) is 1.51. The molecule has 0 spiro atoms. The van der Waals surface area contributed by atoms with Crippen LogP contribution in [0.4, 0.5) is 0 Å². The summed E-state index contributed by atoms with van der Waals surface area (Å²) in [6.07, 6.45) is 1.65. The Morgan fingerprint density at radius 3 is 2.86 bits per heavy atom. The molecule has 4 N–H and O–H groups in total. The minimum absolute atomic E-state index is 0.250. The zero-order chi connectivity index (χ0) is 15.9. The van der Waals surface area contributed by atoms with E-state index in [4.69, 9.17) is 31.2 Å². The first-order valence-corrected chi connectivity index (χ1v) is 7.09. The van der Waals surface area contributed by atoms with Crippen LogP contribution in [0.5, 0.6) is 11.5 Å². The highest BCUT2D eigenvalue weighted by Crippen LogP contribution is 2.36. The van der Waals surface area contributed by atoms with Crippen LogP contribution in [0.1, 0.15) is 11.3 Å². The number of hydrogen-bond acceptors (Lipinski definition) is 4. The number of furan rings is 1. The molecule has 22 heavy (non-hydrogen) atoms. The average Bonchev–Trinajstić information content (AvgIpc) is 2.98. The Morgan fingerprint density at radius 2 is 2.23 bits per heavy atom. The Hall–Kier alpha value is -2.18. The molecule has 0 radical (unpaired) electrons. The van der Waals surface area contributed by atoms with Gasteiger partial charge in [-0.1, -0.05) is 11.6 Å². The summed E-state index contributed by atoms with van der Waals surface area (Å²) in [5.41, 5.74) is 6.03. The lowest BCUT2D eigenvalue weighted by Crippen LogP contribution is -2.80. The molecule has 1 aromatic heterocycles. The van der Waals surface area contributed by atoms with Gasteiger partial charge in [-0.2, -0.15) is 0 Å². The van der Waals surface area contributed by atoms with Gasteiger partial charge in [0.2, 0.25) is 0 Å². The zero-order valence-corrected chi connectivity index (χ0v) is 12.9. The van der Waals surface area contributed by atoms with Crippen LogP contribution in [-0.4, -0.2) is 19.6 Å². The second-order valence-corrected chi connectivity index (χ2v) is 5.05. The number of carbonyl (C=O) groups is 1. The predicted molar refractivity (Wildman–Crippen MR) is 80.7 cm³/mol. The van der Waals surface area contributed by atoms with Gasteiger partial charge in [0.25, 0.3) is 5.91 Å². The topological polar surface area (TPSA) is 91.3 Å². The van der Waals surface area contributed by atoms with Crippen molar-refractivity contribution in [3.63, 3.8) is 0 Å². The lowest BCUT2D eigenvalue weighted by atomic mass is 10.2. The van der Waals surface area contributed by atoms with E-state index in [2.05, 4.69) is 5.32 Å². The SMILES string of the molecule is COc1cc(C[NH2+]Cc2ccco2)cc(Cl)c1OCC(N)=O. The number of ether oxygens (including phenoxy) is 2. The van der Waals surface area contributed by atoms with Crippen LogP contribution in [-0.2, 0) is 17.9 Å². The van der Waals surface area contributed by atoms with Crippen molar-refractivity contribution in [1.82, 2.24) is 0 Å². The van der Waals surface area contributed by atoms with E-state index in [1.165, 1.54) is 7.11 Å². The van der Waals surface area contributed by atoms with Crippen LogP contribution in [0.15, 0.2) is 34.9 Å². The van der Waals surface area contributed by atoms with Crippen molar-refractivity contribution >= 4 is 17.5 Å². The molecule has 1 aromatic carbocycles. The number of carbonyl (C=O) groups excluding carboxylic acids is 1. The summed E-state index contributed by atoms with van der Waals surface area (Å²) in [6, 6.07) is 7.37. The van der Waals surface area contributed by atoms with E-state index < -0.39 is 5.91 Å². The van der Waals surface area contributed by atoms with Gasteiger partial charge in [-0.25, -0.2) is 0 Å². The van der Waals surface area contributed by atoms with Crippen molar-refractivity contribution in [3.8, 4) is 11.5 Å². The number of amides is 1. The second kappa shape index (κ2) is 7.72. The van der Waals surface area contributed by atoms with Crippen LogP contribution in [0.2, 0.25) is 5.02 Å². The predicted octanol–water partition coefficient (Wildman–Crippen LogP) is 1.07. The highest BCUT2D eigenvalue weighted by molar-refractivity contribution is 6.32. The van der Waals surface area contributed by atoms with Crippen molar-refractivity contribution < 1.29 is 24.0 Å². The van der Waals surface area contributed by atoms with Crippen molar-refractivity contribution in [3.05, 3.63) is 46.9 Å². The van der Waals surface area contributed by atoms with Gasteiger partial charge in [-0.05, 0) is 24.3 Å². The van der Waals surface area contributed by atoms with E-state index in [1.54, 1.807) is 12.3 Å². The fourth-order valence-corrected chi connectivity index (χ4v) is 2.27. The summed E-state index contributed by atoms with van der Waals surface area (Å²) in [5.74, 6) is 1.11. The van der Waals surface area contributed by atoms with Crippen LogP contribution in [0.25, 0.3) is 0 Å². The molecule has 2 aromatic rings. The summed E-state index contributed by atoms with van der Waals surface area (Å²) in [6.45, 7) is 1.18. The normalized spacial score (nSPS) is 10.5. The van der Waals surface area contributed by atoms with E-state index in [-0.39, 0.29) is 6.61 Å². The van der Waals surface area contributed by atoms with Gasteiger partial charge < -0.3 is 24.9 Å². The van der Waals surface area contributed by atoms with Gasteiger partial charge in [0.15, 0.2) is 23.9 Å². The Morgan fingerprint density at radius 1 is 1.41 bits per heavy atom. The third-order valence-corrected chi connectivity index (χ3v) is 3.23. The van der Waals surface area contributed by atoms with E-state index in [1.807, 2.05) is 18.2 Å². The highest BCUT2D eigenvalue weighted by atomic mass is 35.5. The van der Waals surface area contributed by atoms with Crippen molar-refractivity contribution in [2.24, 2.45) is 5.73 Å². The molecule has 6 nitrogen and oxygen atoms in total. The Labute approximate surface area is 133 Å². The molecule has 2 rings (SSSR count). The molecule has 0 unspecified atom stereocenters. The Balaban J connectivity index is 2.03. The van der Waals surface area contributed by atoms with Crippen LogP contribution < -0.4 is 20.5 Å². The monoisotopic (exact) mass is 325 g/mol. The molecule has 0 aliphatic rings. The van der Waals surface area contributed by atoms with Gasteiger partial charge in [0.1, 0.15) is 13.1 Å². The number of nitrogens with two attached hydrogens (primary N) is 2. The van der Waals surface area contributed by atoms with E-state index in [0.29, 0.717) is 23.1 Å². The number of halogens is 1. The van der Waals surface area contributed by atoms with Crippen LogP contribution in [0.3, 0.4) is 0 Å². The third kappa shape index (κ3) is 4.41. The zero-order valence-electron chi connectivity index (χ0n) is 12.2. The number of primary amides is 1. The number of quaternary nitrogens is 1. The van der Waals surface area contributed by atoms with Gasteiger partial charge in [0.05, 0.1) is 18.4 Å². The smallest absolute Gasteiger partial charge is 0.255 e. The molecule has 1 amide bonds. The number of hydrogen-bond donors (Lipinski definition) is 2. The average molecular weight is 326 g/mol. The molecule has 0 aliphatic heterocycles. The maximum atomic E-state index is 10.8. The van der Waals surface area contributed by atoms with Gasteiger partial charge >= 0.3 is 0 Å². The number of methoxy groups -OCH3 is 1. The molecule has 0 fully saturated rings. The molecule has 0 saturated carbocycles. The molecule has 0 bridgehead atoms. The van der Waals surface area contributed by atoms with Crippen molar-refractivity contribution in [2.45, 2.75) is 13.1 Å². The largest absolute Gasteiger partial charge is 0.493 e. The summed E-state index contributed by atoms with van der Waals surface area (Å²) >= 11 is 6.19. The molecular formula is C15H18ClN2O4+. The summed E-state index contributed by atoms with van der Waals surface area (Å²) in [4.78, 5) is 10.8. The first-order valence-electron chi connectivity index (χ1n) is 6.71. The number of benzene rings is 1. The van der Waals surface area contributed by atoms with Crippen LogP contribution >= 0.6 is 11.6 Å². The molecule has 0 aliphatic carbocycles. The molecule has 0 atom stereocenters. The van der Waals surface area contributed by atoms with Crippen molar-refractivity contribution in [1.29, 1.82) is 0 Å². The standard InChI is InChI=1S/C15H17ClN2O4/c1-20-13-6-10(7-18-8-11-3-2-4-21-11)5-12(16)15(13)22-9-14(17)19/h2-6,18H,7-9H2,1H3,(H2,17,19)/p+1. The Kier molecular flexibility index (Phi) is 5.68. The van der Waals surface area contributed by atoms with E-state index in [9.17, 15) is 4.79 Å². The fourth-order valence-electron chi connectivity index (χ4n) is 1.98. The molecule has 118 valence electrons. The van der Waals surface area contributed by atoms with Gasteiger partial charge in [-0.15, -0.1) is 0 Å².